The van der Waals surface area contributed by atoms with Gasteiger partial charge in [-0.2, -0.15) is 0 Å². The van der Waals surface area contributed by atoms with Crippen LogP contribution in [0.4, 0.5) is 0 Å². The molecule has 8 heteroatoms. The van der Waals surface area contributed by atoms with E-state index in [0.717, 1.165) is 13.1 Å². The van der Waals surface area contributed by atoms with Crippen LogP contribution in [0.25, 0.3) is 0 Å². The van der Waals surface area contributed by atoms with Crippen molar-refractivity contribution in [3.8, 4) is 0 Å². The predicted octanol–water partition coefficient (Wildman–Crippen LogP) is 2.03. The van der Waals surface area contributed by atoms with Crippen molar-refractivity contribution in [2.45, 2.75) is 83.8 Å². The second kappa shape index (κ2) is 6.90. The van der Waals surface area contributed by atoms with Crippen LogP contribution in [0.2, 0.25) is 0 Å². The van der Waals surface area contributed by atoms with Crippen molar-refractivity contribution in [2.75, 3.05) is 19.7 Å². The van der Waals surface area contributed by atoms with Gasteiger partial charge in [-0.25, -0.2) is 0 Å². The van der Waals surface area contributed by atoms with Crippen LogP contribution in [0, 0.1) is 0 Å². The van der Waals surface area contributed by atoms with Gasteiger partial charge in [0.15, 0.2) is 30.1 Å². The van der Waals surface area contributed by atoms with Crippen LogP contribution < -0.4 is 0 Å². The average Bonchev–Trinajstić information content (AvgIpc) is 3.11. The molecule has 3 saturated heterocycles. The van der Waals surface area contributed by atoms with Crippen molar-refractivity contribution in [2.24, 2.45) is 0 Å². The van der Waals surface area contributed by atoms with E-state index < -0.39 is 24.0 Å². The molecule has 3 aliphatic heterocycles. The van der Waals surface area contributed by atoms with Gasteiger partial charge in [0.25, 0.3) is 5.17 Å². The van der Waals surface area contributed by atoms with E-state index in [4.69, 9.17) is 40.6 Å². The van der Waals surface area contributed by atoms with Gasteiger partial charge >= 0.3 is 0 Å². The molecule has 0 radical (unpaired) electrons. The minimum absolute atomic E-state index is 0.264. The molecule has 0 aromatic rings. The lowest BCUT2D eigenvalue weighted by Crippen LogP contribution is -2.47. The Morgan fingerprint density at radius 3 is 2.28 bits per heavy atom. The van der Waals surface area contributed by atoms with Crippen LogP contribution in [-0.4, -0.2) is 72.1 Å². The third kappa shape index (κ3) is 3.94. The first kappa shape index (κ1) is 19.3. The highest BCUT2D eigenvalue weighted by Gasteiger charge is 2.59. The van der Waals surface area contributed by atoms with Gasteiger partial charge in [0.05, 0.1) is 6.61 Å². The first-order valence-corrected chi connectivity index (χ1v) is 9.35. The van der Waals surface area contributed by atoms with Gasteiger partial charge in [0, 0.05) is 13.1 Å². The lowest BCUT2D eigenvalue weighted by atomic mass is 10.1. The molecule has 3 aliphatic rings. The van der Waals surface area contributed by atoms with E-state index in [1.165, 1.54) is 0 Å². The number of hydrogen-bond donors (Lipinski definition) is 0. The normalized spacial score (nSPS) is 38.6. The minimum Gasteiger partial charge on any atom is -0.462 e. The van der Waals surface area contributed by atoms with E-state index in [9.17, 15) is 0 Å². The average molecular weight is 375 g/mol. The molecule has 25 heavy (non-hydrogen) atoms. The summed E-state index contributed by atoms with van der Waals surface area (Å²) in [5.41, 5.74) is 0. The fourth-order valence-corrected chi connectivity index (χ4v) is 3.86. The Labute approximate surface area is 154 Å². The molecule has 3 rings (SSSR count). The molecule has 0 aromatic carbocycles. The van der Waals surface area contributed by atoms with Crippen LogP contribution in [0.3, 0.4) is 0 Å². The zero-order valence-corrected chi connectivity index (χ0v) is 16.6. The summed E-state index contributed by atoms with van der Waals surface area (Å²) in [5, 5.41) is 0.440. The molecule has 144 valence electrons. The van der Waals surface area contributed by atoms with Crippen LogP contribution in [0.1, 0.15) is 41.5 Å². The number of ether oxygens (including phenoxy) is 6. The van der Waals surface area contributed by atoms with Gasteiger partial charge in [0.2, 0.25) is 0 Å². The van der Waals surface area contributed by atoms with Crippen molar-refractivity contribution < 1.29 is 28.4 Å². The molecule has 5 atom stereocenters. The quantitative estimate of drug-likeness (QED) is 0.692. The van der Waals surface area contributed by atoms with Gasteiger partial charge in [-0.3, -0.25) is 0 Å². The van der Waals surface area contributed by atoms with E-state index in [1.807, 2.05) is 46.4 Å². The van der Waals surface area contributed by atoms with Crippen molar-refractivity contribution in [1.29, 1.82) is 0 Å². The third-order valence-electron chi connectivity index (χ3n) is 4.68. The lowest BCUT2D eigenvalue weighted by molar-refractivity contribution is -0.231. The van der Waals surface area contributed by atoms with Crippen LogP contribution in [0.15, 0.2) is 0 Å². The van der Waals surface area contributed by atoms with Gasteiger partial charge in [0.1, 0.15) is 12.2 Å². The Bertz CT molecular complexity index is 509. The maximum Gasteiger partial charge on any atom is 0.259 e. The van der Waals surface area contributed by atoms with E-state index in [1.54, 1.807) is 0 Å². The standard InChI is InChI=1S/C17H29NO6S/c1-7-18(8-2)15(25)21-12-11(10-9-19-16(3,4)22-10)20-14-13(12)23-17(5,6)24-14/h10-14H,7-9H2,1-6H3/t10-,11-,12+,13-,14-/m1/s1. The molecule has 0 bridgehead atoms. The number of hydrogen-bond acceptors (Lipinski definition) is 7. The molecule has 0 aliphatic carbocycles. The van der Waals surface area contributed by atoms with E-state index in [2.05, 4.69) is 0 Å². The Kier molecular flexibility index (Phi) is 5.32. The molecule has 0 amide bonds. The first-order valence-electron chi connectivity index (χ1n) is 8.94. The van der Waals surface area contributed by atoms with Crippen molar-refractivity contribution in [1.82, 2.24) is 4.90 Å². The predicted molar refractivity (Wildman–Crippen MR) is 94.0 cm³/mol. The molecule has 0 unspecified atom stereocenters. The highest BCUT2D eigenvalue weighted by Crippen LogP contribution is 2.42. The highest BCUT2D eigenvalue weighted by molar-refractivity contribution is 7.80. The lowest BCUT2D eigenvalue weighted by Gasteiger charge is -2.31. The second-order valence-electron chi connectivity index (χ2n) is 7.46. The molecule has 0 aromatic heterocycles. The number of thiocarbonyl (C=S) groups is 1. The van der Waals surface area contributed by atoms with Crippen molar-refractivity contribution in [3.05, 3.63) is 0 Å². The zero-order chi connectivity index (χ0) is 18.4. The third-order valence-corrected chi connectivity index (χ3v) is 5.04. The van der Waals surface area contributed by atoms with Crippen LogP contribution in [0.5, 0.6) is 0 Å². The topological polar surface area (TPSA) is 58.6 Å². The zero-order valence-electron chi connectivity index (χ0n) is 15.8. The largest absolute Gasteiger partial charge is 0.462 e. The summed E-state index contributed by atoms with van der Waals surface area (Å²) in [7, 11) is 0. The summed E-state index contributed by atoms with van der Waals surface area (Å²) in [6.45, 7) is 13.6. The van der Waals surface area contributed by atoms with E-state index >= 15 is 0 Å². The molecule has 7 nitrogen and oxygen atoms in total. The van der Waals surface area contributed by atoms with E-state index in [-0.39, 0.29) is 18.3 Å². The first-order chi connectivity index (χ1) is 11.7. The maximum absolute atomic E-state index is 6.15. The fourth-order valence-electron chi connectivity index (χ4n) is 3.49. The Morgan fingerprint density at radius 2 is 1.72 bits per heavy atom. The molecule has 0 saturated carbocycles. The van der Waals surface area contributed by atoms with Crippen LogP contribution in [-0.2, 0) is 28.4 Å². The fraction of sp³-hybridized carbons (Fsp3) is 0.941. The SMILES string of the molecule is CCN(CC)C(=S)O[C@@H]1[C@H]2OC(C)(C)O[C@H]2O[C@@H]1[C@H]1COC(C)(C)O1. The summed E-state index contributed by atoms with van der Waals surface area (Å²) < 4.78 is 35.8. The molecule has 0 spiro atoms. The molecular formula is C17H29NO6S. The highest BCUT2D eigenvalue weighted by atomic mass is 32.1. The van der Waals surface area contributed by atoms with Crippen molar-refractivity contribution in [3.63, 3.8) is 0 Å². The Balaban J connectivity index is 1.77. The molecule has 3 fully saturated rings. The number of rotatable bonds is 4. The molecule has 3 heterocycles. The minimum atomic E-state index is -0.717. The summed E-state index contributed by atoms with van der Waals surface area (Å²) in [6.07, 6.45) is -1.91. The Hall–Kier alpha value is -0.510. The summed E-state index contributed by atoms with van der Waals surface area (Å²) in [5.74, 6) is -1.36. The van der Waals surface area contributed by atoms with Crippen molar-refractivity contribution >= 4 is 17.4 Å². The Morgan fingerprint density at radius 1 is 1.04 bits per heavy atom. The molecule has 0 N–H and O–H groups in total. The maximum atomic E-state index is 6.15. The second-order valence-corrected chi connectivity index (χ2v) is 7.81. The smallest absolute Gasteiger partial charge is 0.259 e. The summed E-state index contributed by atoms with van der Waals surface area (Å²) in [6, 6.07) is 0. The summed E-state index contributed by atoms with van der Waals surface area (Å²) >= 11 is 5.48. The van der Waals surface area contributed by atoms with Gasteiger partial charge in [-0.05, 0) is 53.8 Å². The number of nitrogens with zero attached hydrogens (tertiary/aromatic N) is 1. The summed E-state index contributed by atoms with van der Waals surface area (Å²) in [4.78, 5) is 1.98. The number of fused-ring (bicyclic) bond motifs is 1. The van der Waals surface area contributed by atoms with E-state index in [0.29, 0.717) is 11.8 Å². The van der Waals surface area contributed by atoms with Gasteiger partial charge in [-0.1, -0.05) is 0 Å². The van der Waals surface area contributed by atoms with Gasteiger partial charge < -0.3 is 33.3 Å². The molecular weight excluding hydrogens is 346 g/mol. The van der Waals surface area contributed by atoms with Gasteiger partial charge in [-0.15, -0.1) is 0 Å². The monoisotopic (exact) mass is 375 g/mol. The van der Waals surface area contributed by atoms with Crippen LogP contribution >= 0.6 is 12.2 Å².